The molecular weight excluding hydrogens is 805 g/mol. The van der Waals surface area contributed by atoms with Crippen molar-refractivity contribution in [3.63, 3.8) is 0 Å². The van der Waals surface area contributed by atoms with Crippen LogP contribution in [0, 0.1) is 0 Å². The summed E-state index contributed by atoms with van der Waals surface area (Å²) < 4.78 is 16.9. The van der Waals surface area contributed by atoms with E-state index in [0.29, 0.717) is 19.3 Å². The maximum atomic E-state index is 12.8. The van der Waals surface area contributed by atoms with Crippen LogP contribution in [0.5, 0.6) is 0 Å². The van der Waals surface area contributed by atoms with Gasteiger partial charge < -0.3 is 14.2 Å². The molecule has 0 spiro atoms. The van der Waals surface area contributed by atoms with Gasteiger partial charge in [-0.15, -0.1) is 0 Å². The standard InChI is InChI=1S/C59H110O6/c1-4-7-10-13-16-19-22-25-28-29-30-32-34-37-40-43-46-49-52-58(61)64-55-56(54-63-57(60)51-48-45-42-39-36-33-27-24-21-18-15-12-9-6-3)65-59(62)53-50-47-44-41-38-35-31-26-23-20-17-14-11-8-5-2/h17,20,26,31,56H,4-16,18-19,21-25,27-30,32-55H2,1-3H3/b20-17-,31-26-/t56-/m1/s1. The van der Waals surface area contributed by atoms with Crippen molar-refractivity contribution in [2.75, 3.05) is 13.2 Å². The lowest BCUT2D eigenvalue weighted by Crippen LogP contribution is -2.30. The molecule has 0 saturated heterocycles. The topological polar surface area (TPSA) is 78.9 Å². The summed E-state index contributed by atoms with van der Waals surface area (Å²) in [6, 6.07) is 0. The van der Waals surface area contributed by atoms with Crippen molar-refractivity contribution >= 4 is 17.9 Å². The molecule has 0 aliphatic carbocycles. The van der Waals surface area contributed by atoms with E-state index in [2.05, 4.69) is 45.1 Å². The van der Waals surface area contributed by atoms with Crippen molar-refractivity contribution in [2.24, 2.45) is 0 Å². The molecule has 0 radical (unpaired) electrons. The van der Waals surface area contributed by atoms with E-state index in [1.807, 2.05) is 0 Å². The van der Waals surface area contributed by atoms with Gasteiger partial charge in [0.15, 0.2) is 6.10 Å². The Morgan fingerprint density at radius 3 is 0.877 bits per heavy atom. The predicted octanol–water partition coefficient (Wildman–Crippen LogP) is 19.1. The Labute approximate surface area is 404 Å². The van der Waals surface area contributed by atoms with Crippen LogP contribution in [0.3, 0.4) is 0 Å². The van der Waals surface area contributed by atoms with Crippen molar-refractivity contribution < 1.29 is 28.6 Å². The molecule has 0 heterocycles. The summed E-state index contributed by atoms with van der Waals surface area (Å²) in [5.74, 6) is -0.864. The first kappa shape index (κ1) is 62.9. The van der Waals surface area contributed by atoms with Gasteiger partial charge in [-0.2, -0.15) is 0 Å². The van der Waals surface area contributed by atoms with Gasteiger partial charge in [-0.3, -0.25) is 14.4 Å². The third kappa shape index (κ3) is 52.7. The third-order valence-electron chi connectivity index (χ3n) is 13.0. The summed E-state index contributed by atoms with van der Waals surface area (Å²) in [6.45, 7) is 6.65. The molecule has 65 heavy (non-hydrogen) atoms. The smallest absolute Gasteiger partial charge is 0.306 e. The molecular formula is C59H110O6. The Bertz CT molecular complexity index is 1050. The van der Waals surface area contributed by atoms with Crippen LogP contribution in [-0.2, 0) is 28.6 Å². The van der Waals surface area contributed by atoms with Crippen molar-refractivity contribution in [1.82, 2.24) is 0 Å². The first-order chi connectivity index (χ1) is 32.0. The normalized spacial score (nSPS) is 12.1. The lowest BCUT2D eigenvalue weighted by atomic mass is 10.0. The molecule has 0 aromatic carbocycles. The minimum absolute atomic E-state index is 0.0715. The fraction of sp³-hybridized carbons (Fsp3) is 0.881. The fourth-order valence-electron chi connectivity index (χ4n) is 8.59. The van der Waals surface area contributed by atoms with Gasteiger partial charge in [0.05, 0.1) is 0 Å². The SMILES string of the molecule is CCCCC/C=C\C/C=C\CCCCCCCC(=O)O[C@H](COC(=O)CCCCCCCCCCCCCCCC)COC(=O)CCCCCCCCCCCCCCCCCCCC. The van der Waals surface area contributed by atoms with Crippen LogP contribution in [0.2, 0.25) is 0 Å². The molecule has 0 aliphatic heterocycles. The highest BCUT2D eigenvalue weighted by Crippen LogP contribution is 2.17. The molecule has 0 fully saturated rings. The molecule has 1 atom stereocenters. The number of hydrogen-bond donors (Lipinski definition) is 0. The monoisotopic (exact) mass is 915 g/mol. The maximum absolute atomic E-state index is 12.8. The number of esters is 3. The number of rotatable bonds is 53. The molecule has 382 valence electrons. The number of carbonyl (C=O) groups is 3. The average Bonchev–Trinajstić information content (AvgIpc) is 3.30. The van der Waals surface area contributed by atoms with Gasteiger partial charge >= 0.3 is 17.9 Å². The predicted molar refractivity (Wildman–Crippen MR) is 279 cm³/mol. The molecule has 0 aromatic rings. The lowest BCUT2D eigenvalue weighted by molar-refractivity contribution is -0.167. The van der Waals surface area contributed by atoms with Crippen LogP contribution in [0.4, 0.5) is 0 Å². The minimum Gasteiger partial charge on any atom is -0.462 e. The van der Waals surface area contributed by atoms with Crippen LogP contribution in [-0.4, -0.2) is 37.2 Å². The summed E-state index contributed by atoms with van der Waals surface area (Å²) in [5.41, 5.74) is 0. The molecule has 0 bridgehead atoms. The van der Waals surface area contributed by atoms with Gasteiger partial charge in [0, 0.05) is 19.3 Å². The van der Waals surface area contributed by atoms with Gasteiger partial charge in [-0.25, -0.2) is 0 Å². The Morgan fingerprint density at radius 1 is 0.308 bits per heavy atom. The number of hydrogen-bond acceptors (Lipinski definition) is 6. The van der Waals surface area contributed by atoms with Crippen molar-refractivity contribution in [3.8, 4) is 0 Å². The Hall–Kier alpha value is -2.11. The maximum Gasteiger partial charge on any atom is 0.306 e. The quantitative estimate of drug-likeness (QED) is 0.0262. The fourth-order valence-corrected chi connectivity index (χ4v) is 8.59. The summed E-state index contributed by atoms with van der Waals surface area (Å²) in [6.07, 6.45) is 63.1. The van der Waals surface area contributed by atoms with E-state index in [0.717, 1.165) is 77.0 Å². The van der Waals surface area contributed by atoms with Gasteiger partial charge in [0.25, 0.3) is 0 Å². The number of carbonyl (C=O) groups excluding carboxylic acids is 3. The number of ether oxygens (including phenoxy) is 3. The number of allylic oxidation sites excluding steroid dienone is 4. The van der Waals surface area contributed by atoms with Crippen LogP contribution in [0.25, 0.3) is 0 Å². The third-order valence-corrected chi connectivity index (χ3v) is 13.0. The van der Waals surface area contributed by atoms with Crippen molar-refractivity contribution in [1.29, 1.82) is 0 Å². The highest BCUT2D eigenvalue weighted by atomic mass is 16.6. The number of unbranched alkanes of at least 4 members (excludes halogenated alkanes) is 38. The molecule has 6 nitrogen and oxygen atoms in total. The van der Waals surface area contributed by atoms with E-state index in [4.69, 9.17) is 14.2 Å². The van der Waals surface area contributed by atoms with Crippen LogP contribution >= 0.6 is 0 Å². The first-order valence-electron chi connectivity index (χ1n) is 28.8. The lowest BCUT2D eigenvalue weighted by Gasteiger charge is -2.18. The van der Waals surface area contributed by atoms with Gasteiger partial charge in [-0.05, 0) is 51.4 Å². The Balaban J connectivity index is 4.33. The molecule has 0 N–H and O–H groups in total. The zero-order valence-corrected chi connectivity index (χ0v) is 43.8. The Morgan fingerprint density at radius 2 is 0.554 bits per heavy atom. The summed E-state index contributed by atoms with van der Waals surface area (Å²) in [4.78, 5) is 38.1. The summed E-state index contributed by atoms with van der Waals surface area (Å²) in [7, 11) is 0. The second-order valence-electron chi connectivity index (χ2n) is 19.6. The largest absolute Gasteiger partial charge is 0.462 e. The molecule has 0 amide bonds. The van der Waals surface area contributed by atoms with Crippen LogP contribution in [0.1, 0.15) is 316 Å². The van der Waals surface area contributed by atoms with E-state index >= 15 is 0 Å². The van der Waals surface area contributed by atoms with E-state index in [9.17, 15) is 14.4 Å². The van der Waals surface area contributed by atoms with Crippen LogP contribution < -0.4 is 0 Å². The summed E-state index contributed by atoms with van der Waals surface area (Å²) >= 11 is 0. The zero-order valence-electron chi connectivity index (χ0n) is 43.8. The highest BCUT2D eigenvalue weighted by Gasteiger charge is 2.19. The van der Waals surface area contributed by atoms with E-state index in [1.54, 1.807) is 0 Å². The zero-order chi connectivity index (χ0) is 47.2. The van der Waals surface area contributed by atoms with Gasteiger partial charge in [0.2, 0.25) is 0 Å². The Kier molecular flexibility index (Phi) is 52.7. The van der Waals surface area contributed by atoms with Crippen molar-refractivity contribution in [3.05, 3.63) is 24.3 Å². The van der Waals surface area contributed by atoms with Gasteiger partial charge in [-0.1, -0.05) is 270 Å². The molecule has 0 aromatic heterocycles. The van der Waals surface area contributed by atoms with Crippen LogP contribution in [0.15, 0.2) is 24.3 Å². The highest BCUT2D eigenvalue weighted by molar-refractivity contribution is 5.71. The second kappa shape index (κ2) is 54.5. The molecule has 0 rings (SSSR count). The summed E-state index contributed by atoms with van der Waals surface area (Å²) in [5, 5.41) is 0. The minimum atomic E-state index is -0.773. The van der Waals surface area contributed by atoms with E-state index < -0.39 is 6.10 Å². The molecule has 0 unspecified atom stereocenters. The molecule has 6 heteroatoms. The first-order valence-corrected chi connectivity index (χ1v) is 28.8. The average molecular weight is 916 g/mol. The molecule has 0 aliphatic rings. The second-order valence-corrected chi connectivity index (χ2v) is 19.6. The van der Waals surface area contributed by atoms with Crippen molar-refractivity contribution in [2.45, 2.75) is 322 Å². The van der Waals surface area contributed by atoms with Gasteiger partial charge in [0.1, 0.15) is 13.2 Å². The molecule has 0 saturated carbocycles. The van der Waals surface area contributed by atoms with E-state index in [-0.39, 0.29) is 31.1 Å². The van der Waals surface area contributed by atoms with E-state index in [1.165, 1.54) is 199 Å².